The van der Waals surface area contributed by atoms with Gasteiger partial charge in [0.2, 0.25) is 0 Å². The van der Waals surface area contributed by atoms with Crippen molar-refractivity contribution in [3.8, 4) is 0 Å². The quantitative estimate of drug-likeness (QED) is 0.517. The van der Waals surface area contributed by atoms with Crippen molar-refractivity contribution < 1.29 is 34.1 Å². The largest absolute Gasteiger partial charge is 0.465 e. The Hall–Kier alpha value is -1.73. The van der Waals surface area contributed by atoms with Crippen molar-refractivity contribution in [1.29, 1.82) is 0 Å². The van der Waals surface area contributed by atoms with Crippen LogP contribution in [0.3, 0.4) is 0 Å². The Morgan fingerprint density at radius 3 is 2.42 bits per heavy atom. The smallest absolute Gasteiger partial charge is 0.303 e. The van der Waals surface area contributed by atoms with Gasteiger partial charge in [-0.1, -0.05) is 20.4 Å². The van der Waals surface area contributed by atoms with Crippen LogP contribution in [0.5, 0.6) is 0 Å². The van der Waals surface area contributed by atoms with E-state index in [4.69, 9.17) is 9.47 Å². The average molecular weight is 435 g/mol. The number of ketones is 1. The van der Waals surface area contributed by atoms with Crippen LogP contribution in [-0.4, -0.2) is 52.9 Å². The van der Waals surface area contributed by atoms with Gasteiger partial charge in [0.15, 0.2) is 11.9 Å². The van der Waals surface area contributed by atoms with Crippen LogP contribution < -0.4 is 0 Å². The second-order valence-electron chi connectivity index (χ2n) is 10.8. The molecule has 0 heterocycles. The first-order chi connectivity index (χ1) is 14.4. The number of hydrogen-bond acceptors (Lipinski definition) is 7. The summed E-state index contributed by atoms with van der Waals surface area (Å²) in [5.41, 5.74) is -1.88. The Morgan fingerprint density at radius 1 is 1.13 bits per heavy atom. The molecule has 0 aromatic rings. The Labute approximate surface area is 183 Å². The molecule has 1 unspecified atom stereocenters. The predicted octanol–water partition coefficient (Wildman–Crippen LogP) is 2.18. The molecule has 0 aromatic carbocycles. The van der Waals surface area contributed by atoms with Crippen LogP contribution in [0.15, 0.2) is 12.2 Å². The first-order valence-corrected chi connectivity index (χ1v) is 11.3. The standard InChI is InChI=1S/C24H34O7/c1-12-15-6-7-16-23(5)17(27)8-9-22(4,11-30-13(2)25)19(23)18(31-14(3)26)21(29)24(16,10-15)20(12)28/h15-20,27-28H,1,6-11H2,2-5H3/t15-,16+,17+,18+,19-,20?,22+,23-,24+/m1/s1. The Kier molecular flexibility index (Phi) is 5.17. The normalized spacial score (nSPS) is 48.6. The molecule has 2 bridgehead atoms. The molecule has 0 saturated heterocycles. The molecular formula is C24H34O7. The molecule has 4 fully saturated rings. The average Bonchev–Trinajstić information content (AvgIpc) is 2.89. The molecule has 2 N–H and O–H groups in total. The fourth-order valence-electron chi connectivity index (χ4n) is 7.90. The summed E-state index contributed by atoms with van der Waals surface area (Å²) in [5.74, 6) is -2.02. The molecule has 4 saturated carbocycles. The molecule has 1 spiro atoms. The fraction of sp³-hybridized carbons (Fsp3) is 0.792. The maximum atomic E-state index is 14.1. The second-order valence-corrected chi connectivity index (χ2v) is 10.8. The molecule has 172 valence electrons. The van der Waals surface area contributed by atoms with Gasteiger partial charge in [-0.2, -0.15) is 0 Å². The number of rotatable bonds is 3. The van der Waals surface area contributed by atoms with Crippen molar-refractivity contribution in [1.82, 2.24) is 0 Å². The number of carbonyl (C=O) groups excluding carboxylic acids is 3. The molecule has 4 aliphatic carbocycles. The van der Waals surface area contributed by atoms with E-state index in [2.05, 4.69) is 6.58 Å². The number of esters is 2. The zero-order valence-corrected chi connectivity index (χ0v) is 18.8. The van der Waals surface area contributed by atoms with Crippen LogP contribution in [0.2, 0.25) is 0 Å². The fourth-order valence-corrected chi connectivity index (χ4v) is 7.90. The molecule has 9 atom stereocenters. The molecule has 0 aromatic heterocycles. The number of aliphatic hydroxyl groups is 2. The molecule has 7 nitrogen and oxygen atoms in total. The number of fused-ring (bicyclic) bond motifs is 3. The van der Waals surface area contributed by atoms with Crippen LogP contribution in [0.25, 0.3) is 0 Å². The van der Waals surface area contributed by atoms with Gasteiger partial charge in [0.1, 0.15) is 0 Å². The third-order valence-electron chi connectivity index (χ3n) is 9.17. The number of aliphatic hydroxyl groups excluding tert-OH is 2. The summed E-state index contributed by atoms with van der Waals surface area (Å²) in [4.78, 5) is 37.8. The second kappa shape index (κ2) is 7.14. The van der Waals surface area contributed by atoms with Crippen LogP contribution >= 0.6 is 0 Å². The zero-order valence-electron chi connectivity index (χ0n) is 18.8. The first-order valence-electron chi connectivity index (χ1n) is 11.3. The Morgan fingerprint density at radius 2 is 1.81 bits per heavy atom. The van der Waals surface area contributed by atoms with Crippen LogP contribution in [0, 0.1) is 34.0 Å². The zero-order chi connectivity index (χ0) is 22.9. The summed E-state index contributed by atoms with van der Waals surface area (Å²) in [5, 5.41) is 22.6. The van der Waals surface area contributed by atoms with Gasteiger partial charge in [0.25, 0.3) is 0 Å². The van der Waals surface area contributed by atoms with E-state index in [1.54, 1.807) is 0 Å². The first kappa shape index (κ1) is 22.5. The highest BCUT2D eigenvalue weighted by Crippen LogP contribution is 2.71. The van der Waals surface area contributed by atoms with E-state index in [0.29, 0.717) is 31.3 Å². The molecule has 0 aliphatic heterocycles. The van der Waals surface area contributed by atoms with E-state index < -0.39 is 52.4 Å². The lowest BCUT2D eigenvalue weighted by Crippen LogP contribution is -2.72. The summed E-state index contributed by atoms with van der Waals surface area (Å²) in [6.45, 7) is 10.7. The summed E-state index contributed by atoms with van der Waals surface area (Å²) in [6, 6.07) is 0. The predicted molar refractivity (Wildman–Crippen MR) is 111 cm³/mol. The monoisotopic (exact) mass is 434 g/mol. The Bertz CT molecular complexity index is 836. The third kappa shape index (κ3) is 2.88. The van der Waals surface area contributed by atoms with Gasteiger partial charge in [-0.25, -0.2) is 0 Å². The summed E-state index contributed by atoms with van der Waals surface area (Å²) in [7, 11) is 0. The topological polar surface area (TPSA) is 110 Å². The summed E-state index contributed by atoms with van der Waals surface area (Å²) >= 11 is 0. The molecule has 31 heavy (non-hydrogen) atoms. The van der Waals surface area contributed by atoms with Gasteiger partial charge in [0, 0.05) is 30.6 Å². The molecular weight excluding hydrogens is 400 g/mol. The van der Waals surface area contributed by atoms with E-state index in [9.17, 15) is 24.6 Å². The van der Waals surface area contributed by atoms with E-state index in [0.717, 1.165) is 6.42 Å². The van der Waals surface area contributed by atoms with Crippen LogP contribution in [-0.2, 0) is 23.9 Å². The SMILES string of the molecule is C=C1C(O)[C@]23C[C@H]1CC[C@H]2[C@@]1(C)[C@H]([C@H](OC(C)=O)C3=O)[C@](C)(COC(C)=O)CC[C@@H]1O. The number of Topliss-reactive ketones (excluding diaryl/α,β-unsaturated/α-hetero) is 1. The van der Waals surface area contributed by atoms with E-state index in [1.807, 2.05) is 13.8 Å². The van der Waals surface area contributed by atoms with Gasteiger partial charge in [-0.15, -0.1) is 0 Å². The highest BCUT2D eigenvalue weighted by atomic mass is 16.5. The molecule has 0 radical (unpaired) electrons. The van der Waals surface area contributed by atoms with E-state index in [1.165, 1.54) is 13.8 Å². The highest BCUT2D eigenvalue weighted by Gasteiger charge is 2.75. The van der Waals surface area contributed by atoms with Gasteiger partial charge in [-0.05, 0) is 49.5 Å². The van der Waals surface area contributed by atoms with Crippen molar-refractivity contribution in [3.63, 3.8) is 0 Å². The molecule has 4 aliphatic rings. The van der Waals surface area contributed by atoms with E-state index in [-0.39, 0.29) is 24.2 Å². The third-order valence-corrected chi connectivity index (χ3v) is 9.17. The minimum atomic E-state index is -1.12. The number of hydrogen-bond donors (Lipinski definition) is 2. The summed E-state index contributed by atoms with van der Waals surface area (Å²) in [6.07, 6.45) is 0.133. The van der Waals surface area contributed by atoms with Gasteiger partial charge >= 0.3 is 11.9 Å². The van der Waals surface area contributed by atoms with Crippen molar-refractivity contribution in [2.24, 2.45) is 34.0 Å². The van der Waals surface area contributed by atoms with Crippen molar-refractivity contribution in [2.75, 3.05) is 6.61 Å². The maximum absolute atomic E-state index is 14.1. The lowest BCUT2D eigenvalue weighted by Gasteiger charge is -2.66. The van der Waals surface area contributed by atoms with Crippen molar-refractivity contribution in [3.05, 3.63) is 12.2 Å². The van der Waals surface area contributed by atoms with Crippen molar-refractivity contribution >= 4 is 17.7 Å². The lowest BCUT2D eigenvalue weighted by molar-refractivity contribution is -0.248. The minimum absolute atomic E-state index is 0.0569. The molecule has 7 heteroatoms. The van der Waals surface area contributed by atoms with Crippen molar-refractivity contribution in [2.45, 2.75) is 78.1 Å². The van der Waals surface area contributed by atoms with Gasteiger partial charge in [0.05, 0.1) is 24.2 Å². The van der Waals surface area contributed by atoms with Gasteiger partial charge in [-0.3, -0.25) is 14.4 Å². The van der Waals surface area contributed by atoms with Crippen LogP contribution in [0.4, 0.5) is 0 Å². The van der Waals surface area contributed by atoms with Crippen LogP contribution in [0.1, 0.15) is 59.8 Å². The van der Waals surface area contributed by atoms with Gasteiger partial charge < -0.3 is 19.7 Å². The lowest BCUT2D eigenvalue weighted by atomic mass is 9.39. The highest BCUT2D eigenvalue weighted by molar-refractivity contribution is 5.94. The maximum Gasteiger partial charge on any atom is 0.303 e. The number of carbonyl (C=O) groups is 3. The minimum Gasteiger partial charge on any atom is -0.465 e. The Balaban J connectivity index is 1.89. The summed E-state index contributed by atoms with van der Waals surface area (Å²) < 4.78 is 11.1. The molecule has 4 rings (SSSR count). The van der Waals surface area contributed by atoms with E-state index >= 15 is 0 Å². The number of ether oxygens (including phenoxy) is 2. The molecule has 0 amide bonds.